The van der Waals surface area contributed by atoms with Crippen LogP contribution in [0.2, 0.25) is 0 Å². The molecule has 0 aliphatic rings. The van der Waals surface area contributed by atoms with Crippen LogP contribution in [0, 0.1) is 0 Å². The van der Waals surface area contributed by atoms with Gasteiger partial charge in [0.15, 0.2) is 11.5 Å². The number of nitrogens with two attached hydrogens (primary N) is 1. The van der Waals surface area contributed by atoms with Gasteiger partial charge in [0.2, 0.25) is 0 Å². The lowest BCUT2D eigenvalue weighted by Crippen LogP contribution is -2.12. The van der Waals surface area contributed by atoms with Crippen molar-refractivity contribution in [1.29, 1.82) is 0 Å². The lowest BCUT2D eigenvalue weighted by atomic mass is 10.2. The molecule has 0 fully saturated rings. The number of carbonyl (C=O) groups excluding carboxylic acids is 1. The molecule has 0 saturated heterocycles. The molecule has 3 aromatic rings. The molecule has 3 rings (SSSR count). The van der Waals surface area contributed by atoms with Crippen molar-refractivity contribution in [3.05, 3.63) is 42.2 Å². The number of amides is 1. The summed E-state index contributed by atoms with van der Waals surface area (Å²) in [5.41, 5.74) is 6.41. The first-order valence-corrected chi connectivity index (χ1v) is 5.44. The van der Waals surface area contributed by atoms with E-state index in [-0.39, 0.29) is 5.69 Å². The molecule has 0 aliphatic heterocycles. The summed E-state index contributed by atoms with van der Waals surface area (Å²) in [5.74, 6) is 0.113. The minimum absolute atomic E-state index is 0.260. The molecule has 18 heavy (non-hydrogen) atoms. The van der Waals surface area contributed by atoms with Gasteiger partial charge in [-0.25, -0.2) is 4.68 Å². The third-order valence-electron chi connectivity index (χ3n) is 2.74. The highest BCUT2D eigenvalue weighted by atomic mass is 16.1. The fourth-order valence-corrected chi connectivity index (χ4v) is 1.94. The SMILES string of the molecule is Cn1ccc(-n2nc(C(N)=O)c3ccccc32)n1. The van der Waals surface area contributed by atoms with E-state index in [9.17, 15) is 4.79 Å². The van der Waals surface area contributed by atoms with Crippen molar-refractivity contribution in [1.82, 2.24) is 19.6 Å². The van der Waals surface area contributed by atoms with Crippen molar-refractivity contribution < 1.29 is 4.79 Å². The smallest absolute Gasteiger partial charge is 0.269 e. The van der Waals surface area contributed by atoms with Gasteiger partial charge < -0.3 is 5.73 Å². The zero-order valence-corrected chi connectivity index (χ0v) is 9.74. The van der Waals surface area contributed by atoms with E-state index in [0.717, 1.165) is 10.9 Å². The second-order valence-corrected chi connectivity index (χ2v) is 3.99. The summed E-state index contributed by atoms with van der Waals surface area (Å²) in [7, 11) is 1.82. The molecule has 2 heterocycles. The molecule has 1 amide bonds. The molecule has 0 spiro atoms. The van der Waals surface area contributed by atoms with Crippen molar-refractivity contribution in [2.45, 2.75) is 0 Å². The van der Waals surface area contributed by atoms with Gasteiger partial charge >= 0.3 is 0 Å². The lowest BCUT2D eigenvalue weighted by molar-refractivity contribution is 0.0996. The van der Waals surface area contributed by atoms with Crippen LogP contribution in [-0.2, 0) is 7.05 Å². The fourth-order valence-electron chi connectivity index (χ4n) is 1.94. The quantitative estimate of drug-likeness (QED) is 0.722. The average Bonchev–Trinajstić information content (AvgIpc) is 2.92. The van der Waals surface area contributed by atoms with E-state index in [1.807, 2.05) is 43.6 Å². The van der Waals surface area contributed by atoms with Gasteiger partial charge in [-0.05, 0) is 6.07 Å². The van der Waals surface area contributed by atoms with Crippen molar-refractivity contribution in [2.24, 2.45) is 12.8 Å². The molecule has 0 unspecified atom stereocenters. The zero-order chi connectivity index (χ0) is 12.7. The summed E-state index contributed by atoms with van der Waals surface area (Å²) in [5, 5.41) is 9.24. The Labute approximate surface area is 103 Å². The van der Waals surface area contributed by atoms with Gasteiger partial charge in [-0.1, -0.05) is 18.2 Å². The first-order valence-electron chi connectivity index (χ1n) is 5.44. The summed E-state index contributed by atoms with van der Waals surface area (Å²) in [6.07, 6.45) is 1.82. The van der Waals surface area contributed by atoms with Gasteiger partial charge in [-0.3, -0.25) is 9.48 Å². The number of primary amides is 1. The third kappa shape index (κ3) is 1.46. The Morgan fingerprint density at radius 1 is 1.22 bits per heavy atom. The van der Waals surface area contributed by atoms with Gasteiger partial charge in [0.25, 0.3) is 5.91 Å². The minimum Gasteiger partial charge on any atom is -0.364 e. The van der Waals surface area contributed by atoms with Crippen molar-refractivity contribution in [3.8, 4) is 5.82 Å². The van der Waals surface area contributed by atoms with Crippen molar-refractivity contribution >= 4 is 16.8 Å². The Morgan fingerprint density at radius 2 is 2.00 bits per heavy atom. The van der Waals surface area contributed by atoms with Gasteiger partial charge in [0.1, 0.15) is 0 Å². The number of fused-ring (bicyclic) bond motifs is 1. The highest BCUT2D eigenvalue weighted by Crippen LogP contribution is 2.20. The van der Waals surface area contributed by atoms with E-state index >= 15 is 0 Å². The summed E-state index contributed by atoms with van der Waals surface area (Å²) >= 11 is 0. The van der Waals surface area contributed by atoms with Crippen LogP contribution in [0.3, 0.4) is 0 Å². The number of hydrogen-bond acceptors (Lipinski definition) is 3. The number of aryl methyl sites for hydroxylation is 1. The molecular weight excluding hydrogens is 230 g/mol. The zero-order valence-electron chi connectivity index (χ0n) is 9.74. The molecular formula is C12H11N5O. The van der Waals surface area contributed by atoms with Crippen molar-refractivity contribution in [2.75, 3.05) is 0 Å². The van der Waals surface area contributed by atoms with Gasteiger partial charge in [-0.2, -0.15) is 10.2 Å². The molecule has 90 valence electrons. The molecule has 0 aliphatic carbocycles. The van der Waals surface area contributed by atoms with E-state index in [0.29, 0.717) is 5.82 Å². The van der Waals surface area contributed by atoms with E-state index < -0.39 is 5.91 Å². The minimum atomic E-state index is -0.541. The summed E-state index contributed by atoms with van der Waals surface area (Å²) in [6.45, 7) is 0. The van der Waals surface area contributed by atoms with Crippen LogP contribution in [-0.4, -0.2) is 25.5 Å². The Bertz CT molecular complexity index is 740. The van der Waals surface area contributed by atoms with Crippen LogP contribution >= 0.6 is 0 Å². The normalized spacial score (nSPS) is 10.9. The van der Waals surface area contributed by atoms with Gasteiger partial charge in [-0.15, -0.1) is 0 Å². The van der Waals surface area contributed by atoms with E-state index in [1.165, 1.54) is 0 Å². The number of hydrogen-bond donors (Lipinski definition) is 1. The molecule has 0 saturated carbocycles. The number of aromatic nitrogens is 4. The number of rotatable bonds is 2. The summed E-state index contributed by atoms with van der Waals surface area (Å²) < 4.78 is 3.30. The molecule has 6 nitrogen and oxygen atoms in total. The monoisotopic (exact) mass is 241 g/mol. The second kappa shape index (κ2) is 3.69. The average molecular weight is 241 g/mol. The molecule has 6 heteroatoms. The number of benzene rings is 1. The van der Waals surface area contributed by atoms with Crippen molar-refractivity contribution in [3.63, 3.8) is 0 Å². The molecule has 0 bridgehead atoms. The van der Waals surface area contributed by atoms with Crippen LogP contribution in [0.1, 0.15) is 10.5 Å². The number of nitrogens with zero attached hydrogens (tertiary/aromatic N) is 4. The van der Waals surface area contributed by atoms with Crippen LogP contribution in [0.5, 0.6) is 0 Å². The third-order valence-corrected chi connectivity index (χ3v) is 2.74. The molecule has 2 N–H and O–H groups in total. The van der Waals surface area contributed by atoms with E-state index in [2.05, 4.69) is 10.2 Å². The first-order chi connectivity index (χ1) is 8.66. The maximum atomic E-state index is 11.4. The standard InChI is InChI=1S/C12H11N5O/c1-16-7-6-10(14-16)17-9-5-3-2-4-8(9)11(15-17)12(13)18/h2-7H,1H3,(H2,13,18). The number of carbonyl (C=O) groups is 1. The Kier molecular flexibility index (Phi) is 2.16. The highest BCUT2D eigenvalue weighted by molar-refractivity contribution is 6.04. The van der Waals surface area contributed by atoms with Gasteiger partial charge in [0.05, 0.1) is 5.52 Å². The lowest BCUT2D eigenvalue weighted by Gasteiger charge is -1.97. The molecule has 0 atom stereocenters. The summed E-state index contributed by atoms with van der Waals surface area (Å²) in [6, 6.07) is 9.25. The highest BCUT2D eigenvalue weighted by Gasteiger charge is 2.16. The predicted molar refractivity (Wildman–Crippen MR) is 66.4 cm³/mol. The topological polar surface area (TPSA) is 78.7 Å². The predicted octanol–water partition coefficient (Wildman–Crippen LogP) is 0.858. The van der Waals surface area contributed by atoms with Crippen LogP contribution in [0.4, 0.5) is 0 Å². The maximum absolute atomic E-state index is 11.4. The van der Waals surface area contributed by atoms with Crippen LogP contribution in [0.25, 0.3) is 16.7 Å². The first kappa shape index (κ1) is 10.5. The van der Waals surface area contributed by atoms with Crippen LogP contribution < -0.4 is 5.73 Å². The largest absolute Gasteiger partial charge is 0.364 e. The molecule has 2 aromatic heterocycles. The van der Waals surface area contributed by atoms with E-state index in [4.69, 9.17) is 5.73 Å². The summed E-state index contributed by atoms with van der Waals surface area (Å²) in [4.78, 5) is 11.4. The van der Waals surface area contributed by atoms with Gasteiger partial charge in [0, 0.05) is 24.7 Å². The molecule has 1 aromatic carbocycles. The molecule has 0 radical (unpaired) electrons. The Morgan fingerprint density at radius 3 is 2.67 bits per heavy atom. The van der Waals surface area contributed by atoms with Crippen LogP contribution in [0.15, 0.2) is 36.5 Å². The Balaban J connectivity index is 2.33. The Hall–Kier alpha value is -2.63. The second-order valence-electron chi connectivity index (χ2n) is 3.99. The fraction of sp³-hybridized carbons (Fsp3) is 0.0833. The van der Waals surface area contributed by atoms with E-state index in [1.54, 1.807) is 9.36 Å². The number of para-hydroxylation sites is 1. The maximum Gasteiger partial charge on any atom is 0.269 e.